The number of para-hydroxylation sites is 4. The zero-order valence-corrected chi connectivity index (χ0v) is 26.8. The fourth-order valence-corrected chi connectivity index (χ4v) is 7.67. The molecule has 1 fully saturated rings. The van der Waals surface area contributed by atoms with Gasteiger partial charge in [0, 0.05) is 34.8 Å². The smallest absolute Gasteiger partial charge is 0.146 e. The Balaban J connectivity index is 1.14. The van der Waals surface area contributed by atoms with Crippen LogP contribution >= 0.6 is 0 Å². The minimum absolute atomic E-state index is 0.230. The highest BCUT2D eigenvalue weighted by Gasteiger charge is 2.30. The van der Waals surface area contributed by atoms with Gasteiger partial charge in [0.2, 0.25) is 0 Å². The molecule has 0 radical (unpaired) electrons. The number of anilines is 4. The molecule has 5 nitrogen and oxygen atoms in total. The van der Waals surface area contributed by atoms with Crippen molar-refractivity contribution in [3.8, 4) is 17.3 Å². The summed E-state index contributed by atoms with van der Waals surface area (Å²) in [4.78, 5) is 9.08. The van der Waals surface area contributed by atoms with E-state index >= 15 is 4.39 Å². The third-order valence-electron chi connectivity index (χ3n) is 9.95. The summed E-state index contributed by atoms with van der Waals surface area (Å²) < 4.78 is 24.1. The van der Waals surface area contributed by atoms with Crippen LogP contribution < -0.4 is 14.5 Å². The number of halogens is 1. The van der Waals surface area contributed by atoms with Crippen molar-refractivity contribution in [2.75, 3.05) is 16.5 Å². The number of hydrogen-bond donors (Lipinski definition) is 0. The predicted molar refractivity (Wildman–Crippen MR) is 193 cm³/mol. The molecule has 0 bridgehead atoms. The van der Waals surface area contributed by atoms with Crippen LogP contribution in [0.25, 0.3) is 27.6 Å². The normalized spacial score (nSPS) is 14.7. The van der Waals surface area contributed by atoms with Crippen LogP contribution in [-0.2, 0) is 0 Å². The van der Waals surface area contributed by atoms with Crippen molar-refractivity contribution in [1.29, 1.82) is 0 Å². The fraction of sp³-hybridized carbons (Fsp3) is 0.167. The van der Waals surface area contributed by atoms with Crippen LogP contribution in [0.2, 0.25) is 0 Å². The maximum Gasteiger partial charge on any atom is 0.146 e. The number of hydrogen-bond acceptors (Lipinski definition) is 4. The van der Waals surface area contributed by atoms with Gasteiger partial charge < -0.3 is 14.5 Å². The van der Waals surface area contributed by atoms with Crippen LogP contribution in [-0.4, -0.2) is 16.2 Å². The Bertz CT molecular complexity index is 2320. The Morgan fingerprint density at radius 3 is 2.21 bits per heavy atom. The summed E-state index contributed by atoms with van der Waals surface area (Å²) in [6, 6.07) is 40.9. The van der Waals surface area contributed by atoms with E-state index in [1.54, 1.807) is 6.07 Å². The van der Waals surface area contributed by atoms with Crippen molar-refractivity contribution in [2.24, 2.45) is 0 Å². The molecule has 0 unspecified atom stereocenters. The summed E-state index contributed by atoms with van der Waals surface area (Å²) in [7, 11) is 0. The van der Waals surface area contributed by atoms with Gasteiger partial charge in [0.1, 0.15) is 29.8 Å². The van der Waals surface area contributed by atoms with E-state index in [1.807, 2.05) is 36.5 Å². The van der Waals surface area contributed by atoms with Crippen LogP contribution in [0.15, 0.2) is 128 Å². The number of ether oxygens (including phenoxy) is 1. The Morgan fingerprint density at radius 1 is 0.667 bits per heavy atom. The maximum absolute atomic E-state index is 15.1. The van der Waals surface area contributed by atoms with Gasteiger partial charge in [0.25, 0.3) is 0 Å². The molecule has 5 aromatic carbocycles. The summed E-state index contributed by atoms with van der Waals surface area (Å²) in [5.41, 5.74) is 8.26. The molecule has 236 valence electrons. The number of aromatic nitrogens is 2. The Morgan fingerprint density at radius 2 is 1.40 bits per heavy atom. The second kappa shape index (κ2) is 11.6. The first-order valence-corrected chi connectivity index (χ1v) is 16.8. The average molecular weight is 631 g/mol. The first-order chi connectivity index (χ1) is 23.6. The molecule has 0 atom stereocenters. The van der Waals surface area contributed by atoms with Crippen LogP contribution in [0.3, 0.4) is 0 Å². The van der Waals surface area contributed by atoms with Gasteiger partial charge in [-0.15, -0.1) is 0 Å². The molecule has 1 aliphatic carbocycles. The summed E-state index contributed by atoms with van der Waals surface area (Å²) in [5.74, 6) is 2.71. The fourth-order valence-electron chi connectivity index (χ4n) is 7.67. The molecule has 0 amide bonds. The Labute approximate surface area is 279 Å². The van der Waals surface area contributed by atoms with Gasteiger partial charge in [0.05, 0.1) is 28.1 Å². The van der Waals surface area contributed by atoms with Crippen molar-refractivity contribution >= 4 is 44.6 Å². The highest BCUT2D eigenvalue weighted by atomic mass is 19.1. The third kappa shape index (κ3) is 4.87. The van der Waals surface area contributed by atoms with Gasteiger partial charge in [-0.05, 0) is 104 Å². The SMILES string of the molecule is Cc1ccnc(-n2c3ccccc3c3ccc(Oc4cc(C5CCCC5)cc(N5CN(c6ccccc6F)c6ccccc65)c4)cc32)c1. The highest BCUT2D eigenvalue weighted by molar-refractivity contribution is 6.09. The second-order valence-corrected chi connectivity index (χ2v) is 13.0. The van der Waals surface area contributed by atoms with Crippen molar-refractivity contribution in [2.45, 2.75) is 38.5 Å². The van der Waals surface area contributed by atoms with E-state index in [4.69, 9.17) is 9.72 Å². The molecule has 1 saturated carbocycles. The van der Waals surface area contributed by atoms with E-state index in [2.05, 4.69) is 100 Å². The van der Waals surface area contributed by atoms with Crippen LogP contribution in [0.5, 0.6) is 11.5 Å². The molecule has 0 spiro atoms. The quantitative estimate of drug-likeness (QED) is 0.183. The van der Waals surface area contributed by atoms with Crippen LogP contribution in [0.4, 0.5) is 27.1 Å². The minimum atomic E-state index is -0.230. The molecule has 2 aromatic heterocycles. The summed E-state index contributed by atoms with van der Waals surface area (Å²) in [6.45, 7) is 2.60. The van der Waals surface area contributed by atoms with Crippen molar-refractivity contribution in [3.63, 3.8) is 0 Å². The van der Waals surface area contributed by atoms with Gasteiger partial charge in [-0.3, -0.25) is 4.57 Å². The molecule has 0 N–H and O–H groups in total. The lowest BCUT2D eigenvalue weighted by molar-refractivity contribution is 0.482. The molecule has 0 saturated heterocycles. The standard InChI is InChI=1S/C42H35FN4O/c1-28-20-21-44-42(22-28)47-37-14-6-4-12-34(37)35-19-18-32(26-41(35)47)48-33-24-30(29-10-2-3-11-29)23-31(25-33)45-27-46(38-15-7-5-13-36(38)43)40-17-9-8-16-39(40)45/h4-9,12-26,29H,2-3,10-11,27H2,1H3. The van der Waals surface area contributed by atoms with Crippen molar-refractivity contribution in [1.82, 2.24) is 9.55 Å². The van der Waals surface area contributed by atoms with Gasteiger partial charge in [-0.25, -0.2) is 9.37 Å². The number of pyridine rings is 1. The Kier molecular flexibility index (Phi) is 6.89. The van der Waals surface area contributed by atoms with E-state index in [9.17, 15) is 0 Å². The zero-order valence-electron chi connectivity index (χ0n) is 26.8. The number of nitrogens with zero attached hydrogens (tertiary/aromatic N) is 4. The molecule has 1 aliphatic heterocycles. The van der Waals surface area contributed by atoms with Gasteiger partial charge in [-0.1, -0.05) is 55.3 Å². The summed E-state index contributed by atoms with van der Waals surface area (Å²) >= 11 is 0. The first-order valence-electron chi connectivity index (χ1n) is 16.8. The molecule has 9 rings (SSSR count). The van der Waals surface area contributed by atoms with E-state index in [-0.39, 0.29) is 5.82 Å². The first kappa shape index (κ1) is 28.6. The number of benzene rings is 5. The minimum Gasteiger partial charge on any atom is -0.457 e. The van der Waals surface area contributed by atoms with Gasteiger partial charge in [0.15, 0.2) is 0 Å². The predicted octanol–water partition coefficient (Wildman–Crippen LogP) is 11.3. The van der Waals surface area contributed by atoms with Gasteiger partial charge >= 0.3 is 0 Å². The lowest BCUT2D eigenvalue weighted by atomic mass is 9.96. The third-order valence-corrected chi connectivity index (χ3v) is 9.95. The van der Waals surface area contributed by atoms with Crippen LogP contribution in [0.1, 0.15) is 42.7 Å². The van der Waals surface area contributed by atoms with Gasteiger partial charge in [-0.2, -0.15) is 0 Å². The largest absolute Gasteiger partial charge is 0.457 e. The second-order valence-electron chi connectivity index (χ2n) is 13.0. The molecule has 3 heterocycles. The van der Waals surface area contributed by atoms with E-state index in [1.165, 1.54) is 42.7 Å². The molecule has 6 heteroatoms. The summed E-state index contributed by atoms with van der Waals surface area (Å²) in [6.07, 6.45) is 6.71. The van der Waals surface area contributed by atoms with Crippen molar-refractivity contribution in [3.05, 3.63) is 144 Å². The molecule has 48 heavy (non-hydrogen) atoms. The average Bonchev–Trinajstić information content (AvgIpc) is 3.85. The molecular weight excluding hydrogens is 595 g/mol. The zero-order chi connectivity index (χ0) is 32.2. The topological polar surface area (TPSA) is 33.5 Å². The molecule has 2 aliphatic rings. The molecule has 7 aromatic rings. The molecular formula is C42H35FN4O. The summed E-state index contributed by atoms with van der Waals surface area (Å²) in [5, 5.41) is 2.34. The van der Waals surface area contributed by atoms with Crippen LogP contribution in [0, 0.1) is 12.7 Å². The Hall–Kier alpha value is -5.62. The number of rotatable bonds is 6. The van der Waals surface area contributed by atoms with E-state index in [0.29, 0.717) is 18.3 Å². The number of aryl methyl sites for hydroxylation is 1. The van der Waals surface area contributed by atoms with E-state index < -0.39 is 0 Å². The highest BCUT2D eigenvalue weighted by Crippen LogP contribution is 2.47. The maximum atomic E-state index is 15.1. The van der Waals surface area contributed by atoms with E-state index in [0.717, 1.165) is 56.4 Å². The lowest BCUT2D eigenvalue weighted by Crippen LogP contribution is -2.24. The number of fused-ring (bicyclic) bond motifs is 4. The monoisotopic (exact) mass is 630 g/mol. The van der Waals surface area contributed by atoms with Crippen molar-refractivity contribution < 1.29 is 9.13 Å². The lowest BCUT2D eigenvalue weighted by Gasteiger charge is -2.24.